The van der Waals surface area contributed by atoms with Gasteiger partial charge in [-0.15, -0.1) is 5.54 Å². The van der Waals surface area contributed by atoms with Gasteiger partial charge in [0, 0.05) is 17.8 Å². The van der Waals surface area contributed by atoms with Crippen molar-refractivity contribution in [1.82, 2.24) is 5.32 Å². The quantitative estimate of drug-likeness (QED) is 0.703. The lowest BCUT2D eigenvalue weighted by Crippen LogP contribution is -2.52. The van der Waals surface area contributed by atoms with Crippen molar-refractivity contribution in [2.45, 2.75) is 117 Å². The van der Waals surface area contributed by atoms with E-state index in [0.717, 1.165) is 0 Å². The monoisotopic (exact) mass is 337 g/mol. The minimum absolute atomic E-state index is 0.00884. The number of nitrogens with one attached hydrogen (secondary N) is 1. The van der Waals surface area contributed by atoms with Crippen LogP contribution in [-0.2, 0) is 0 Å². The van der Waals surface area contributed by atoms with Gasteiger partial charge in [-0.1, -0.05) is 26.8 Å². The Balaban J connectivity index is 5.68. The summed E-state index contributed by atoms with van der Waals surface area (Å²) >= 11 is 0. The van der Waals surface area contributed by atoms with Gasteiger partial charge in [0.15, 0.2) is 0 Å². The highest BCUT2D eigenvalue weighted by atomic mass is 15.1. The van der Waals surface area contributed by atoms with Gasteiger partial charge in [-0.25, -0.2) is 0 Å². The minimum atomic E-state index is -0.137. The summed E-state index contributed by atoms with van der Waals surface area (Å²) in [6.07, 6.45) is 4.00. The third-order valence-corrected chi connectivity index (χ3v) is 2.74. The van der Waals surface area contributed by atoms with Crippen LogP contribution in [0, 0.1) is 0 Å². The first-order valence-corrected chi connectivity index (χ1v) is 8.98. The second kappa shape index (κ2) is 8.09. The smallest absolute Gasteiger partial charge is 0.0520 e. The third kappa shape index (κ3) is 13.7. The Kier molecular flexibility index (Phi) is 7.84. The molecule has 0 fully saturated rings. The Hall–Kier alpha value is -0.740. The van der Waals surface area contributed by atoms with Crippen LogP contribution in [-0.4, -0.2) is 46.7 Å². The maximum Gasteiger partial charge on any atom is 0.0520 e. The van der Waals surface area contributed by atoms with Gasteiger partial charge in [0.25, 0.3) is 0 Å². The van der Waals surface area contributed by atoms with Crippen LogP contribution in [0.4, 0.5) is 0 Å². The van der Waals surface area contributed by atoms with Crippen LogP contribution in [0.2, 0.25) is 0 Å². The van der Waals surface area contributed by atoms with E-state index in [-0.39, 0.29) is 34.2 Å². The summed E-state index contributed by atoms with van der Waals surface area (Å²) in [5.41, 5.74) is -0.387. The van der Waals surface area contributed by atoms with E-state index in [1.54, 1.807) is 0 Å². The summed E-state index contributed by atoms with van der Waals surface area (Å²) in [6.45, 7) is 25.5. The van der Waals surface area contributed by atoms with Gasteiger partial charge in [0.05, 0.1) is 11.1 Å². The number of nitrogens with zero attached hydrogens (tertiary/aromatic N) is 3. The second-order valence-corrected chi connectivity index (χ2v) is 10.6. The molecular formula is C20H41N4-. The molecule has 0 bridgehead atoms. The highest BCUT2D eigenvalue weighted by Gasteiger charge is 2.21. The van der Waals surface area contributed by atoms with Crippen LogP contribution in [0.15, 0.2) is 9.98 Å². The Morgan fingerprint density at radius 3 is 1.46 bits per heavy atom. The average Bonchev–Trinajstić information content (AvgIpc) is 2.25. The topological polar surface area (TPSA) is 50.9 Å². The Morgan fingerprint density at radius 2 is 1.12 bits per heavy atom. The fourth-order valence-electron chi connectivity index (χ4n) is 1.97. The molecule has 0 aromatic heterocycles. The molecular weight excluding hydrogens is 296 g/mol. The van der Waals surface area contributed by atoms with E-state index >= 15 is 0 Å². The third-order valence-electron chi connectivity index (χ3n) is 2.74. The molecule has 0 saturated heterocycles. The lowest BCUT2D eigenvalue weighted by molar-refractivity contribution is 0.394. The van der Waals surface area contributed by atoms with Crippen LogP contribution < -0.4 is 5.32 Å². The summed E-state index contributed by atoms with van der Waals surface area (Å²) in [7, 11) is 0. The SMILES string of the molecule is CC(C)(C)N=CC([N-]C(C)(C)C)C(C=NC(C)(C)C)NC(C)(C)C. The zero-order valence-corrected chi connectivity index (χ0v) is 18.2. The molecule has 0 amide bonds. The van der Waals surface area contributed by atoms with Crippen molar-refractivity contribution in [2.75, 3.05) is 0 Å². The maximum absolute atomic E-state index is 4.99. The molecule has 4 nitrogen and oxygen atoms in total. The molecule has 0 rings (SSSR count). The van der Waals surface area contributed by atoms with Crippen molar-refractivity contribution in [3.8, 4) is 0 Å². The first-order chi connectivity index (χ1) is 10.4. The molecule has 4 heteroatoms. The molecule has 0 heterocycles. The van der Waals surface area contributed by atoms with Crippen LogP contribution in [0.5, 0.6) is 0 Å². The second-order valence-electron chi connectivity index (χ2n) is 10.6. The van der Waals surface area contributed by atoms with Gasteiger partial charge >= 0.3 is 0 Å². The Labute approximate surface area is 151 Å². The molecule has 0 aliphatic carbocycles. The minimum Gasteiger partial charge on any atom is -0.649 e. The summed E-state index contributed by atoms with van der Waals surface area (Å²) in [5, 5.41) is 8.65. The van der Waals surface area contributed by atoms with E-state index in [1.165, 1.54) is 0 Å². The van der Waals surface area contributed by atoms with Crippen molar-refractivity contribution in [3.63, 3.8) is 0 Å². The fourth-order valence-corrected chi connectivity index (χ4v) is 1.97. The lowest BCUT2D eigenvalue weighted by Gasteiger charge is -2.46. The van der Waals surface area contributed by atoms with Crippen molar-refractivity contribution in [2.24, 2.45) is 9.98 Å². The van der Waals surface area contributed by atoms with Crippen LogP contribution in [0.3, 0.4) is 0 Å². The van der Waals surface area contributed by atoms with Gasteiger partial charge < -0.3 is 10.6 Å². The molecule has 0 saturated carbocycles. The van der Waals surface area contributed by atoms with Crippen molar-refractivity contribution >= 4 is 12.4 Å². The Bertz CT molecular complexity index is 381. The van der Waals surface area contributed by atoms with Crippen molar-refractivity contribution in [1.29, 1.82) is 0 Å². The molecule has 0 spiro atoms. The van der Waals surface area contributed by atoms with E-state index in [0.29, 0.717) is 0 Å². The van der Waals surface area contributed by atoms with E-state index < -0.39 is 0 Å². The fraction of sp³-hybridized carbons (Fsp3) is 0.900. The van der Waals surface area contributed by atoms with E-state index in [4.69, 9.17) is 15.3 Å². The molecule has 0 radical (unpaired) electrons. The maximum atomic E-state index is 4.99. The zero-order valence-electron chi connectivity index (χ0n) is 18.2. The number of hydrogen-bond donors (Lipinski definition) is 1. The summed E-state index contributed by atoms with van der Waals surface area (Å²) < 4.78 is 0. The van der Waals surface area contributed by atoms with Gasteiger partial charge in [-0.2, -0.15) is 0 Å². The molecule has 1 N–H and O–H groups in total. The standard InChI is InChI=1S/C20H41N4/c1-17(2,3)21-13-15(23-19(7,8)9)16(24-20(10,11)12)14-22-18(4,5)6/h13-16,23H,1-12H3/q-1. The van der Waals surface area contributed by atoms with E-state index in [9.17, 15) is 0 Å². The molecule has 24 heavy (non-hydrogen) atoms. The molecule has 0 aromatic carbocycles. The normalized spacial score (nSPS) is 17.7. The van der Waals surface area contributed by atoms with E-state index in [1.807, 2.05) is 12.4 Å². The number of rotatable bonds is 5. The molecule has 2 atom stereocenters. The molecule has 0 aliphatic rings. The summed E-state index contributed by atoms with van der Waals surface area (Å²) in [4.78, 5) is 9.44. The largest absolute Gasteiger partial charge is 0.649 e. The summed E-state index contributed by atoms with van der Waals surface area (Å²) in [6, 6.07) is -0.0518. The van der Waals surface area contributed by atoms with Gasteiger partial charge in [-0.3, -0.25) is 9.98 Å². The average molecular weight is 338 g/mol. The van der Waals surface area contributed by atoms with Crippen molar-refractivity contribution in [3.05, 3.63) is 5.32 Å². The summed E-state index contributed by atoms with van der Waals surface area (Å²) in [5.74, 6) is 0. The van der Waals surface area contributed by atoms with Gasteiger partial charge in [-0.05, 0) is 68.5 Å². The number of hydrogen-bond acceptors (Lipinski definition) is 3. The van der Waals surface area contributed by atoms with Gasteiger partial charge in [0.1, 0.15) is 0 Å². The van der Waals surface area contributed by atoms with Crippen molar-refractivity contribution < 1.29 is 0 Å². The van der Waals surface area contributed by atoms with Gasteiger partial charge in [0.2, 0.25) is 0 Å². The van der Waals surface area contributed by atoms with Crippen LogP contribution in [0.1, 0.15) is 83.1 Å². The molecule has 0 aliphatic heterocycles. The zero-order chi connectivity index (χ0) is 19.4. The number of aliphatic imine (C=N–C) groups is 2. The lowest BCUT2D eigenvalue weighted by atomic mass is 9.99. The highest BCUT2D eigenvalue weighted by Crippen LogP contribution is 2.22. The first-order valence-electron chi connectivity index (χ1n) is 8.98. The highest BCUT2D eigenvalue weighted by molar-refractivity contribution is 5.80. The first kappa shape index (κ1) is 23.3. The molecule has 2 unspecified atom stereocenters. The van der Waals surface area contributed by atoms with Crippen LogP contribution in [0.25, 0.3) is 5.32 Å². The predicted molar refractivity (Wildman–Crippen MR) is 110 cm³/mol. The molecule has 0 aromatic rings. The molecule has 142 valence electrons. The van der Waals surface area contributed by atoms with E-state index in [2.05, 4.69) is 88.4 Å². The van der Waals surface area contributed by atoms with Crippen LogP contribution >= 0.6 is 0 Å². The predicted octanol–water partition coefficient (Wildman–Crippen LogP) is 5.02. The Morgan fingerprint density at radius 1 is 0.708 bits per heavy atom.